The number of hydrogen-bond acceptors (Lipinski definition) is 2. The third-order valence-electron chi connectivity index (χ3n) is 2.33. The van der Waals surface area contributed by atoms with E-state index in [4.69, 9.17) is 5.26 Å². The fraction of sp³-hybridized carbons (Fsp3) is 0.0909. The molecule has 1 heterocycles. The second kappa shape index (κ2) is 3.63. The van der Waals surface area contributed by atoms with E-state index in [9.17, 15) is 18.0 Å². The summed E-state index contributed by atoms with van der Waals surface area (Å²) in [5.74, 6) is -1.95. The molecule has 0 aliphatic carbocycles. The van der Waals surface area contributed by atoms with Crippen molar-refractivity contribution in [2.45, 2.75) is 6.18 Å². The van der Waals surface area contributed by atoms with Crippen LogP contribution in [0.15, 0.2) is 24.4 Å². The fourth-order valence-corrected chi connectivity index (χ4v) is 1.61. The minimum Gasteiger partial charge on any atom is -0.360 e. The van der Waals surface area contributed by atoms with Crippen LogP contribution in [0.3, 0.4) is 0 Å². The number of carbonyl (C=O) groups is 1. The zero-order valence-corrected chi connectivity index (χ0v) is 8.30. The van der Waals surface area contributed by atoms with E-state index >= 15 is 0 Å². The van der Waals surface area contributed by atoms with Gasteiger partial charge in [-0.25, -0.2) is 0 Å². The Bertz CT molecular complexity index is 634. The molecule has 0 aliphatic rings. The van der Waals surface area contributed by atoms with E-state index in [-0.39, 0.29) is 10.9 Å². The van der Waals surface area contributed by atoms with Crippen LogP contribution in [0.5, 0.6) is 0 Å². The minimum atomic E-state index is -4.95. The molecule has 17 heavy (non-hydrogen) atoms. The standard InChI is InChI=1S/C11H5F3N2O/c12-11(13,14)10(17)7-5-16-8-3-1-2-6(4-15)9(7)8/h1-3,5,16H. The summed E-state index contributed by atoms with van der Waals surface area (Å²) in [4.78, 5) is 13.7. The van der Waals surface area contributed by atoms with E-state index in [1.807, 2.05) is 0 Å². The summed E-state index contributed by atoms with van der Waals surface area (Å²) < 4.78 is 37.0. The first kappa shape index (κ1) is 11.2. The van der Waals surface area contributed by atoms with Gasteiger partial charge in [-0.05, 0) is 12.1 Å². The smallest absolute Gasteiger partial charge is 0.360 e. The summed E-state index contributed by atoms with van der Waals surface area (Å²) in [6.07, 6.45) is -3.97. The lowest BCUT2D eigenvalue weighted by Gasteiger charge is -2.03. The molecule has 2 rings (SSSR count). The van der Waals surface area contributed by atoms with Crippen molar-refractivity contribution in [2.75, 3.05) is 0 Å². The SMILES string of the molecule is N#Cc1cccc2[nH]cc(C(=O)C(F)(F)F)c12. The number of ketones is 1. The highest BCUT2D eigenvalue weighted by atomic mass is 19.4. The first-order valence-electron chi connectivity index (χ1n) is 4.57. The second-order valence-electron chi connectivity index (χ2n) is 3.37. The number of halogens is 3. The molecule has 0 radical (unpaired) electrons. The zero-order chi connectivity index (χ0) is 12.6. The highest BCUT2D eigenvalue weighted by molar-refractivity contribution is 6.11. The normalized spacial score (nSPS) is 11.4. The molecular formula is C11H5F3N2O. The number of nitriles is 1. The molecule has 0 unspecified atom stereocenters. The first-order valence-corrected chi connectivity index (χ1v) is 4.57. The average Bonchev–Trinajstić information content (AvgIpc) is 2.70. The van der Waals surface area contributed by atoms with E-state index in [0.717, 1.165) is 6.20 Å². The number of benzene rings is 1. The first-order chi connectivity index (χ1) is 7.95. The number of fused-ring (bicyclic) bond motifs is 1. The highest BCUT2D eigenvalue weighted by Gasteiger charge is 2.40. The quantitative estimate of drug-likeness (QED) is 0.776. The molecule has 1 N–H and O–H groups in total. The Morgan fingerprint density at radius 1 is 1.35 bits per heavy atom. The minimum absolute atomic E-state index is 0.0114. The molecule has 2 aromatic rings. The molecule has 0 saturated carbocycles. The highest BCUT2D eigenvalue weighted by Crippen LogP contribution is 2.28. The van der Waals surface area contributed by atoms with Crippen molar-refractivity contribution in [1.82, 2.24) is 4.98 Å². The number of carbonyl (C=O) groups excluding carboxylic acids is 1. The van der Waals surface area contributed by atoms with Crippen molar-refractivity contribution in [1.29, 1.82) is 5.26 Å². The predicted molar refractivity (Wildman–Crippen MR) is 53.4 cm³/mol. The predicted octanol–water partition coefficient (Wildman–Crippen LogP) is 2.78. The maximum Gasteiger partial charge on any atom is 0.454 e. The lowest BCUT2D eigenvalue weighted by molar-refractivity contribution is -0.0884. The molecule has 6 heteroatoms. The van der Waals surface area contributed by atoms with Crippen molar-refractivity contribution < 1.29 is 18.0 Å². The van der Waals surface area contributed by atoms with Gasteiger partial charge in [-0.3, -0.25) is 4.79 Å². The Hall–Kier alpha value is -2.29. The van der Waals surface area contributed by atoms with Crippen LogP contribution in [0, 0.1) is 11.3 Å². The van der Waals surface area contributed by atoms with Gasteiger partial charge in [-0.2, -0.15) is 18.4 Å². The summed E-state index contributed by atoms with van der Waals surface area (Å²) in [6.45, 7) is 0. The third-order valence-corrected chi connectivity index (χ3v) is 2.33. The van der Waals surface area contributed by atoms with Gasteiger partial charge in [-0.15, -0.1) is 0 Å². The van der Waals surface area contributed by atoms with Gasteiger partial charge in [0.15, 0.2) is 0 Å². The van der Waals surface area contributed by atoms with Gasteiger partial charge < -0.3 is 4.98 Å². The van der Waals surface area contributed by atoms with E-state index in [0.29, 0.717) is 5.52 Å². The third kappa shape index (κ3) is 1.76. The molecular weight excluding hydrogens is 233 g/mol. The number of Topliss-reactive ketones (excluding diaryl/α,β-unsaturated/α-hetero) is 1. The summed E-state index contributed by atoms with van der Waals surface area (Å²) in [6, 6.07) is 6.16. The van der Waals surface area contributed by atoms with E-state index in [1.165, 1.54) is 18.2 Å². The summed E-state index contributed by atoms with van der Waals surface area (Å²) in [7, 11) is 0. The molecule has 0 saturated heterocycles. The monoisotopic (exact) mass is 238 g/mol. The van der Waals surface area contributed by atoms with Gasteiger partial charge >= 0.3 is 6.18 Å². The molecule has 3 nitrogen and oxygen atoms in total. The Kier molecular flexibility index (Phi) is 2.39. The molecule has 0 aliphatic heterocycles. The number of aromatic amines is 1. The van der Waals surface area contributed by atoms with Crippen LogP contribution in [0.25, 0.3) is 10.9 Å². The number of aromatic nitrogens is 1. The molecule has 0 spiro atoms. The largest absolute Gasteiger partial charge is 0.454 e. The number of hydrogen-bond donors (Lipinski definition) is 1. The lowest BCUT2D eigenvalue weighted by Crippen LogP contribution is -2.22. The lowest BCUT2D eigenvalue weighted by atomic mass is 10.0. The number of nitrogens with one attached hydrogen (secondary N) is 1. The number of H-pyrrole nitrogens is 1. The zero-order valence-electron chi connectivity index (χ0n) is 8.30. The Labute approximate surface area is 93.5 Å². The van der Waals surface area contributed by atoms with Gasteiger partial charge in [0.2, 0.25) is 0 Å². The van der Waals surface area contributed by atoms with Crippen LogP contribution in [0.4, 0.5) is 13.2 Å². The van der Waals surface area contributed by atoms with Gasteiger partial charge in [0, 0.05) is 17.1 Å². The maximum absolute atomic E-state index is 12.3. The van der Waals surface area contributed by atoms with E-state index in [2.05, 4.69) is 4.98 Å². The fourth-order valence-electron chi connectivity index (χ4n) is 1.61. The number of rotatable bonds is 1. The van der Waals surface area contributed by atoms with Crippen LogP contribution in [0.2, 0.25) is 0 Å². The average molecular weight is 238 g/mol. The van der Waals surface area contributed by atoms with E-state index in [1.54, 1.807) is 6.07 Å². The second-order valence-corrected chi connectivity index (χ2v) is 3.37. The van der Waals surface area contributed by atoms with Crippen LogP contribution < -0.4 is 0 Å². The van der Waals surface area contributed by atoms with Crippen molar-refractivity contribution in [2.24, 2.45) is 0 Å². The summed E-state index contributed by atoms with van der Waals surface area (Å²) in [5, 5.41) is 8.82. The molecule has 86 valence electrons. The maximum atomic E-state index is 12.3. The Balaban J connectivity index is 2.73. The van der Waals surface area contributed by atoms with Gasteiger partial charge in [0.1, 0.15) is 0 Å². The van der Waals surface area contributed by atoms with Crippen molar-refractivity contribution in [3.05, 3.63) is 35.5 Å². The van der Waals surface area contributed by atoms with Crippen molar-refractivity contribution in [3.63, 3.8) is 0 Å². The van der Waals surface area contributed by atoms with Crippen LogP contribution >= 0.6 is 0 Å². The van der Waals surface area contributed by atoms with Crippen molar-refractivity contribution >= 4 is 16.7 Å². The molecule has 0 bridgehead atoms. The van der Waals surface area contributed by atoms with Gasteiger partial charge in [0.25, 0.3) is 5.78 Å². The number of nitrogens with zero attached hydrogens (tertiary/aromatic N) is 1. The molecule has 1 aromatic carbocycles. The topological polar surface area (TPSA) is 56.6 Å². The summed E-state index contributed by atoms with van der Waals surface area (Å²) >= 11 is 0. The van der Waals surface area contributed by atoms with E-state index < -0.39 is 17.5 Å². The van der Waals surface area contributed by atoms with Gasteiger partial charge in [0.05, 0.1) is 17.2 Å². The molecule has 1 aromatic heterocycles. The van der Waals surface area contributed by atoms with Gasteiger partial charge in [-0.1, -0.05) is 6.07 Å². The Morgan fingerprint density at radius 3 is 2.65 bits per heavy atom. The molecule has 0 fully saturated rings. The van der Waals surface area contributed by atoms with Crippen LogP contribution in [-0.2, 0) is 0 Å². The molecule has 0 atom stereocenters. The van der Waals surface area contributed by atoms with Crippen molar-refractivity contribution in [3.8, 4) is 6.07 Å². The Morgan fingerprint density at radius 2 is 2.06 bits per heavy atom. The number of alkyl halides is 3. The molecule has 0 amide bonds. The summed E-state index contributed by atoms with van der Waals surface area (Å²) in [5.41, 5.74) is -0.155. The van der Waals surface area contributed by atoms with Crippen LogP contribution in [0.1, 0.15) is 15.9 Å². The van der Waals surface area contributed by atoms with Crippen LogP contribution in [-0.4, -0.2) is 16.9 Å².